The number of hydrogen-bond acceptors (Lipinski definition) is 4. The predicted octanol–water partition coefficient (Wildman–Crippen LogP) is 2.16. The van der Waals surface area contributed by atoms with E-state index in [-0.39, 0.29) is 0 Å². The standard InChI is InChI=1S/C8H8N2S2/c1-2-5-3-6-7(11)9-4-10-8(6)12-5/h3-4H,2H2,1H3,(H,9,10,11)/p-1. The molecule has 0 N–H and O–H groups in total. The van der Waals surface area contributed by atoms with E-state index in [1.807, 2.05) is 0 Å². The normalized spacial score (nSPS) is 10.8. The van der Waals surface area contributed by atoms with Crippen LogP contribution in [0.3, 0.4) is 0 Å². The van der Waals surface area contributed by atoms with E-state index in [1.165, 1.54) is 11.2 Å². The molecule has 0 saturated carbocycles. The molecule has 0 fully saturated rings. The van der Waals surface area contributed by atoms with Crippen molar-refractivity contribution in [3.05, 3.63) is 17.3 Å². The molecular formula is C8H7N2S2-. The summed E-state index contributed by atoms with van der Waals surface area (Å²) < 4.78 is 0. The first-order valence-corrected chi connectivity index (χ1v) is 4.94. The van der Waals surface area contributed by atoms with Gasteiger partial charge in [0.05, 0.1) is 0 Å². The quantitative estimate of drug-likeness (QED) is 0.515. The highest BCUT2D eigenvalue weighted by atomic mass is 32.1. The van der Waals surface area contributed by atoms with E-state index in [4.69, 9.17) is 12.6 Å². The van der Waals surface area contributed by atoms with Crippen molar-refractivity contribution >= 4 is 34.2 Å². The van der Waals surface area contributed by atoms with Gasteiger partial charge in [0.15, 0.2) is 0 Å². The lowest BCUT2D eigenvalue weighted by atomic mass is 10.3. The third-order valence-electron chi connectivity index (χ3n) is 1.69. The van der Waals surface area contributed by atoms with Crippen molar-refractivity contribution in [3.8, 4) is 0 Å². The Kier molecular flexibility index (Phi) is 1.94. The minimum absolute atomic E-state index is 0.663. The smallest absolute Gasteiger partial charge is 0.125 e. The topological polar surface area (TPSA) is 25.8 Å². The van der Waals surface area contributed by atoms with E-state index in [1.54, 1.807) is 11.3 Å². The number of thiophene rings is 1. The van der Waals surface area contributed by atoms with Crippen molar-refractivity contribution in [2.75, 3.05) is 0 Å². The van der Waals surface area contributed by atoms with E-state index < -0.39 is 0 Å². The zero-order valence-corrected chi connectivity index (χ0v) is 8.21. The summed E-state index contributed by atoms with van der Waals surface area (Å²) in [4.78, 5) is 10.4. The van der Waals surface area contributed by atoms with Gasteiger partial charge in [0.1, 0.15) is 11.2 Å². The van der Waals surface area contributed by atoms with Gasteiger partial charge in [-0.15, -0.1) is 11.3 Å². The maximum Gasteiger partial charge on any atom is 0.125 e. The molecule has 0 amide bonds. The average molecular weight is 195 g/mol. The van der Waals surface area contributed by atoms with Crippen molar-refractivity contribution in [1.29, 1.82) is 0 Å². The van der Waals surface area contributed by atoms with Crippen molar-refractivity contribution in [2.45, 2.75) is 18.4 Å². The molecule has 2 nitrogen and oxygen atoms in total. The Morgan fingerprint density at radius 3 is 3.00 bits per heavy atom. The number of hydrogen-bond donors (Lipinski definition) is 0. The van der Waals surface area contributed by atoms with Gasteiger partial charge in [-0.3, -0.25) is 4.98 Å². The average Bonchev–Trinajstić information content (AvgIpc) is 2.49. The monoisotopic (exact) mass is 195 g/mol. The van der Waals surface area contributed by atoms with Crippen LogP contribution in [0.4, 0.5) is 0 Å². The van der Waals surface area contributed by atoms with Crippen molar-refractivity contribution in [2.24, 2.45) is 0 Å². The molecule has 2 aromatic rings. The van der Waals surface area contributed by atoms with E-state index in [2.05, 4.69) is 23.0 Å². The summed E-state index contributed by atoms with van der Waals surface area (Å²) in [6.45, 7) is 2.13. The Hall–Kier alpha value is -0.740. The fourth-order valence-electron chi connectivity index (χ4n) is 1.06. The Bertz CT molecular complexity index is 408. The van der Waals surface area contributed by atoms with Gasteiger partial charge >= 0.3 is 0 Å². The second-order valence-electron chi connectivity index (χ2n) is 2.46. The molecule has 0 atom stereocenters. The van der Waals surface area contributed by atoms with Gasteiger partial charge in [-0.05, 0) is 12.5 Å². The van der Waals surface area contributed by atoms with Crippen LogP contribution in [0, 0.1) is 0 Å². The van der Waals surface area contributed by atoms with Crippen LogP contribution in [0.15, 0.2) is 17.4 Å². The molecule has 0 aliphatic rings. The first-order valence-electron chi connectivity index (χ1n) is 3.71. The molecule has 2 rings (SSSR count). The molecule has 2 heterocycles. The second kappa shape index (κ2) is 2.95. The van der Waals surface area contributed by atoms with Gasteiger partial charge in [0.25, 0.3) is 0 Å². The maximum absolute atomic E-state index is 5.07. The molecule has 0 aliphatic heterocycles. The number of nitrogens with zero attached hydrogens (tertiary/aromatic N) is 2. The van der Waals surface area contributed by atoms with Crippen LogP contribution in [0.5, 0.6) is 0 Å². The SMILES string of the molecule is CCc1cc2c([S-])ncnc2s1. The summed E-state index contributed by atoms with van der Waals surface area (Å²) in [6, 6.07) is 2.09. The van der Waals surface area contributed by atoms with Crippen LogP contribution in [-0.2, 0) is 19.0 Å². The first-order chi connectivity index (χ1) is 5.81. The van der Waals surface area contributed by atoms with E-state index in [0.29, 0.717) is 5.03 Å². The van der Waals surface area contributed by atoms with Crippen LogP contribution in [0.1, 0.15) is 11.8 Å². The van der Waals surface area contributed by atoms with Gasteiger partial charge < -0.3 is 12.6 Å². The molecule has 62 valence electrons. The van der Waals surface area contributed by atoms with Crippen molar-refractivity contribution in [3.63, 3.8) is 0 Å². The number of aromatic nitrogens is 2. The lowest BCUT2D eigenvalue weighted by Gasteiger charge is -2.02. The minimum Gasteiger partial charge on any atom is -0.759 e. The minimum atomic E-state index is 0.663. The van der Waals surface area contributed by atoms with Gasteiger partial charge in [0, 0.05) is 10.3 Å². The Balaban J connectivity index is 2.74. The van der Waals surface area contributed by atoms with E-state index in [0.717, 1.165) is 16.6 Å². The Morgan fingerprint density at radius 2 is 2.33 bits per heavy atom. The third-order valence-corrected chi connectivity index (χ3v) is 3.21. The molecular weight excluding hydrogens is 188 g/mol. The molecule has 0 spiro atoms. The van der Waals surface area contributed by atoms with Gasteiger partial charge in [0.2, 0.25) is 0 Å². The summed E-state index contributed by atoms with van der Waals surface area (Å²) in [6.07, 6.45) is 2.57. The Morgan fingerprint density at radius 1 is 1.50 bits per heavy atom. The van der Waals surface area contributed by atoms with E-state index >= 15 is 0 Å². The lowest BCUT2D eigenvalue weighted by Crippen LogP contribution is -1.80. The van der Waals surface area contributed by atoms with Crippen LogP contribution in [0.2, 0.25) is 0 Å². The molecule has 0 aromatic carbocycles. The molecule has 4 heteroatoms. The van der Waals surface area contributed by atoms with Crippen LogP contribution < -0.4 is 0 Å². The summed E-state index contributed by atoms with van der Waals surface area (Å²) in [5.41, 5.74) is 0. The predicted molar refractivity (Wildman–Crippen MR) is 52.4 cm³/mol. The van der Waals surface area contributed by atoms with Gasteiger partial charge in [-0.2, -0.15) is 0 Å². The number of aryl methyl sites for hydroxylation is 1. The highest BCUT2D eigenvalue weighted by Gasteiger charge is 2.00. The molecule has 0 radical (unpaired) electrons. The van der Waals surface area contributed by atoms with Gasteiger partial charge in [-0.1, -0.05) is 11.9 Å². The molecule has 0 saturated heterocycles. The zero-order valence-electron chi connectivity index (χ0n) is 6.57. The van der Waals surface area contributed by atoms with Crippen molar-refractivity contribution in [1.82, 2.24) is 9.97 Å². The maximum atomic E-state index is 5.07. The summed E-state index contributed by atoms with van der Waals surface area (Å²) in [5, 5.41) is 1.69. The molecule has 0 bridgehead atoms. The summed E-state index contributed by atoms with van der Waals surface area (Å²) in [7, 11) is 0. The fourth-order valence-corrected chi connectivity index (χ4v) is 2.26. The number of rotatable bonds is 1. The number of fused-ring (bicyclic) bond motifs is 1. The van der Waals surface area contributed by atoms with Crippen LogP contribution in [0.25, 0.3) is 10.2 Å². The Labute approximate surface area is 80.1 Å². The fraction of sp³-hybridized carbons (Fsp3) is 0.250. The van der Waals surface area contributed by atoms with Crippen LogP contribution in [-0.4, -0.2) is 9.97 Å². The molecule has 12 heavy (non-hydrogen) atoms. The molecule has 0 unspecified atom stereocenters. The third kappa shape index (κ3) is 1.17. The summed E-state index contributed by atoms with van der Waals surface area (Å²) in [5.74, 6) is 0. The van der Waals surface area contributed by atoms with Crippen LogP contribution >= 0.6 is 11.3 Å². The second-order valence-corrected chi connectivity index (χ2v) is 3.97. The largest absolute Gasteiger partial charge is 0.759 e. The molecule has 2 aromatic heterocycles. The van der Waals surface area contributed by atoms with Crippen molar-refractivity contribution < 1.29 is 0 Å². The van der Waals surface area contributed by atoms with E-state index in [9.17, 15) is 0 Å². The first kappa shape index (κ1) is 7.89. The summed E-state index contributed by atoms with van der Waals surface area (Å²) >= 11 is 6.76. The lowest BCUT2D eigenvalue weighted by molar-refractivity contribution is 1.11. The highest BCUT2D eigenvalue weighted by Crippen LogP contribution is 2.25. The molecule has 0 aliphatic carbocycles. The highest BCUT2D eigenvalue weighted by molar-refractivity contribution is 7.59. The van der Waals surface area contributed by atoms with Gasteiger partial charge in [-0.25, -0.2) is 4.98 Å². The zero-order chi connectivity index (χ0) is 8.55.